The molecule has 0 radical (unpaired) electrons. The molecule has 0 fully saturated rings. The number of para-hydroxylation sites is 1. The molecule has 0 aliphatic heterocycles. The van der Waals surface area contributed by atoms with Gasteiger partial charge in [-0.15, -0.1) is 0 Å². The van der Waals surface area contributed by atoms with Gasteiger partial charge >= 0.3 is 0 Å². The maximum Gasteiger partial charge on any atom is 0.164 e. The van der Waals surface area contributed by atoms with E-state index in [1.807, 2.05) is 36.4 Å². The van der Waals surface area contributed by atoms with E-state index in [0.29, 0.717) is 41.1 Å². The summed E-state index contributed by atoms with van der Waals surface area (Å²) >= 11 is 0. The highest BCUT2D eigenvalue weighted by atomic mass is 16.5. The maximum absolute atomic E-state index is 10.7. The zero-order chi connectivity index (χ0) is 24.2. The Kier molecular flexibility index (Phi) is 6.29. The fourth-order valence-electron chi connectivity index (χ4n) is 3.67. The van der Waals surface area contributed by atoms with Crippen molar-refractivity contribution in [3.63, 3.8) is 0 Å². The Morgan fingerprint density at radius 2 is 2.03 bits per heavy atom. The van der Waals surface area contributed by atoms with Gasteiger partial charge in [0.2, 0.25) is 0 Å². The number of hydrogen-bond acceptors (Lipinski definition) is 9. The summed E-state index contributed by atoms with van der Waals surface area (Å²) in [5.74, 6) is 0.560. The summed E-state index contributed by atoms with van der Waals surface area (Å²) in [6.07, 6.45) is 0.160. The second-order valence-corrected chi connectivity index (χ2v) is 7.46. The van der Waals surface area contributed by atoms with Crippen molar-refractivity contribution in [3.05, 3.63) is 67.0 Å². The van der Waals surface area contributed by atoms with Crippen molar-refractivity contribution in [1.29, 1.82) is 5.26 Å². The lowest BCUT2D eigenvalue weighted by atomic mass is 10.1. The summed E-state index contributed by atoms with van der Waals surface area (Å²) in [6, 6.07) is 16.0. The number of nitriles is 1. The first-order valence-corrected chi connectivity index (χ1v) is 10.4. The number of aromatic nitrogens is 4. The summed E-state index contributed by atoms with van der Waals surface area (Å²) in [5, 5.41) is 35.2. The van der Waals surface area contributed by atoms with Crippen molar-refractivity contribution < 1.29 is 14.9 Å². The first-order chi connectivity index (χ1) is 16.4. The molecule has 34 heavy (non-hydrogen) atoms. The van der Waals surface area contributed by atoms with Crippen molar-refractivity contribution in [1.82, 2.24) is 19.7 Å². The number of nitrogen functional groups attached to an aromatic ring is 1. The van der Waals surface area contributed by atoms with Gasteiger partial charge in [0.1, 0.15) is 17.8 Å². The molecule has 4 aromatic rings. The Morgan fingerprint density at radius 3 is 2.74 bits per heavy atom. The number of ether oxygens (including phenoxy) is 1. The lowest BCUT2D eigenvalue weighted by Gasteiger charge is -2.29. The largest absolute Gasteiger partial charge is 0.504 e. The molecule has 4 rings (SSSR count). The molecule has 2 aromatic heterocycles. The van der Waals surface area contributed by atoms with Crippen LogP contribution in [0.25, 0.3) is 22.3 Å². The lowest BCUT2D eigenvalue weighted by Crippen LogP contribution is -2.38. The molecule has 1 unspecified atom stereocenters. The molecule has 2 aromatic carbocycles. The lowest BCUT2D eigenvalue weighted by molar-refractivity contribution is 0.207. The molecule has 1 atom stereocenters. The van der Waals surface area contributed by atoms with Crippen molar-refractivity contribution in [3.8, 4) is 28.8 Å². The Bertz CT molecular complexity index is 1380. The molecule has 0 saturated carbocycles. The van der Waals surface area contributed by atoms with Crippen LogP contribution in [0.2, 0.25) is 0 Å². The smallest absolute Gasteiger partial charge is 0.164 e. The SMILES string of the molecule is C=C(C#N)C(O)N(CCn1nc(-c2ccc(O)c(OC)c2)c2c(N)ncnc21)c1ccccc1. The van der Waals surface area contributed by atoms with Crippen molar-refractivity contribution in [2.75, 3.05) is 24.3 Å². The quantitative estimate of drug-likeness (QED) is 0.268. The summed E-state index contributed by atoms with van der Waals surface area (Å²) in [7, 11) is 1.46. The Hall–Kier alpha value is -4.62. The maximum atomic E-state index is 10.7. The molecule has 10 nitrogen and oxygen atoms in total. The van der Waals surface area contributed by atoms with Crippen LogP contribution < -0.4 is 15.4 Å². The topological polar surface area (TPSA) is 146 Å². The summed E-state index contributed by atoms with van der Waals surface area (Å²) in [6.45, 7) is 4.27. The molecule has 0 saturated heterocycles. The molecule has 0 amide bonds. The first-order valence-electron chi connectivity index (χ1n) is 10.4. The van der Waals surface area contributed by atoms with Gasteiger partial charge in [-0.1, -0.05) is 24.8 Å². The predicted octanol–water partition coefficient (Wildman–Crippen LogP) is 2.69. The van der Waals surface area contributed by atoms with E-state index in [2.05, 4.69) is 16.5 Å². The van der Waals surface area contributed by atoms with E-state index >= 15 is 0 Å². The van der Waals surface area contributed by atoms with Crippen LogP contribution >= 0.6 is 0 Å². The van der Waals surface area contributed by atoms with Crippen molar-refractivity contribution in [2.24, 2.45) is 0 Å². The fraction of sp³-hybridized carbons (Fsp3) is 0.167. The van der Waals surface area contributed by atoms with Crippen LogP contribution in [0.15, 0.2) is 67.0 Å². The highest BCUT2D eigenvalue weighted by molar-refractivity contribution is 5.98. The third-order valence-corrected chi connectivity index (χ3v) is 5.40. The molecule has 10 heteroatoms. The van der Waals surface area contributed by atoms with Crippen LogP contribution in [0.5, 0.6) is 11.5 Å². The molecule has 0 aliphatic carbocycles. The third kappa shape index (κ3) is 4.20. The van der Waals surface area contributed by atoms with E-state index in [1.54, 1.807) is 21.7 Å². The number of anilines is 2. The number of nitrogens with zero attached hydrogens (tertiary/aromatic N) is 6. The van der Waals surface area contributed by atoms with Gasteiger partial charge in [-0.05, 0) is 30.3 Å². The van der Waals surface area contributed by atoms with Crippen LogP contribution in [0.4, 0.5) is 11.5 Å². The van der Waals surface area contributed by atoms with Crippen LogP contribution in [-0.2, 0) is 6.54 Å². The number of phenols is 1. The molecule has 172 valence electrons. The van der Waals surface area contributed by atoms with Gasteiger partial charge in [0.25, 0.3) is 0 Å². The fourth-order valence-corrected chi connectivity index (χ4v) is 3.67. The minimum atomic E-state index is -1.20. The normalized spacial score (nSPS) is 11.7. The second-order valence-electron chi connectivity index (χ2n) is 7.46. The molecule has 4 N–H and O–H groups in total. The highest BCUT2D eigenvalue weighted by Crippen LogP contribution is 2.35. The number of phenolic OH excluding ortho intramolecular Hbond substituents is 1. The average molecular weight is 457 g/mol. The summed E-state index contributed by atoms with van der Waals surface area (Å²) < 4.78 is 6.89. The van der Waals surface area contributed by atoms with E-state index in [9.17, 15) is 15.5 Å². The molecular weight excluding hydrogens is 434 g/mol. The van der Waals surface area contributed by atoms with Crippen LogP contribution in [0, 0.1) is 11.3 Å². The number of fused-ring (bicyclic) bond motifs is 1. The molecular formula is C24H23N7O3. The minimum Gasteiger partial charge on any atom is -0.504 e. The summed E-state index contributed by atoms with van der Waals surface area (Å²) in [4.78, 5) is 10.1. The van der Waals surface area contributed by atoms with Gasteiger partial charge in [0.15, 0.2) is 23.4 Å². The number of nitrogens with two attached hydrogens (primary N) is 1. The van der Waals surface area contributed by atoms with Crippen molar-refractivity contribution >= 4 is 22.5 Å². The molecule has 2 heterocycles. The third-order valence-electron chi connectivity index (χ3n) is 5.40. The van der Waals surface area contributed by atoms with Crippen LogP contribution in [0.1, 0.15) is 0 Å². The Morgan fingerprint density at radius 1 is 1.26 bits per heavy atom. The minimum absolute atomic E-state index is 0.00410. The van der Waals surface area contributed by atoms with E-state index in [4.69, 9.17) is 15.6 Å². The Balaban J connectivity index is 1.74. The number of methoxy groups -OCH3 is 1. The number of aromatic hydroxyl groups is 1. The number of aliphatic hydroxyl groups is 1. The monoisotopic (exact) mass is 457 g/mol. The standard InChI is InChI=1S/C24H23N7O3/c1-15(13-25)24(33)30(17-6-4-3-5-7-17)10-11-31-23-20(22(26)27-14-28-23)21(29-31)16-8-9-18(32)19(12-16)34-2/h3-9,12,14,24,32-33H,1,10-11H2,2H3,(H2,26,27,28). The number of benzene rings is 2. The van der Waals surface area contributed by atoms with Crippen molar-refractivity contribution in [2.45, 2.75) is 12.8 Å². The van der Waals surface area contributed by atoms with Gasteiger partial charge in [-0.25, -0.2) is 14.6 Å². The van der Waals surface area contributed by atoms with Crippen LogP contribution in [0.3, 0.4) is 0 Å². The van der Waals surface area contributed by atoms with Crippen LogP contribution in [-0.4, -0.2) is 49.8 Å². The number of aliphatic hydroxyl groups excluding tert-OH is 1. The van der Waals surface area contributed by atoms with Gasteiger partial charge in [-0.2, -0.15) is 10.4 Å². The zero-order valence-electron chi connectivity index (χ0n) is 18.5. The number of rotatable bonds is 8. The summed E-state index contributed by atoms with van der Waals surface area (Å²) in [5.41, 5.74) is 8.63. The molecule has 0 spiro atoms. The molecule has 0 aliphatic rings. The van der Waals surface area contributed by atoms with E-state index in [0.717, 1.165) is 5.69 Å². The van der Waals surface area contributed by atoms with Gasteiger partial charge in [0.05, 0.1) is 30.7 Å². The van der Waals surface area contributed by atoms with E-state index < -0.39 is 6.23 Å². The zero-order valence-corrected chi connectivity index (χ0v) is 18.5. The highest BCUT2D eigenvalue weighted by Gasteiger charge is 2.22. The Labute approximate surface area is 195 Å². The van der Waals surface area contributed by atoms with E-state index in [-0.39, 0.29) is 17.1 Å². The predicted molar refractivity (Wildman–Crippen MR) is 128 cm³/mol. The van der Waals surface area contributed by atoms with E-state index in [1.165, 1.54) is 19.5 Å². The molecule has 0 bridgehead atoms. The second kappa shape index (κ2) is 9.48. The van der Waals surface area contributed by atoms with Gasteiger partial charge < -0.3 is 25.6 Å². The first kappa shape index (κ1) is 22.6. The van der Waals surface area contributed by atoms with Gasteiger partial charge in [0, 0.05) is 17.8 Å². The van der Waals surface area contributed by atoms with Gasteiger partial charge in [-0.3, -0.25) is 0 Å². The number of hydrogen-bond donors (Lipinski definition) is 3. The average Bonchev–Trinajstić information content (AvgIpc) is 3.24.